The van der Waals surface area contributed by atoms with Gasteiger partial charge in [-0.1, -0.05) is 30.3 Å². The van der Waals surface area contributed by atoms with Crippen LogP contribution >= 0.6 is 0 Å². The van der Waals surface area contributed by atoms with Crippen LogP contribution in [0, 0.1) is 5.92 Å². The van der Waals surface area contributed by atoms with Gasteiger partial charge in [0.1, 0.15) is 0 Å². The molecule has 3 rings (SSSR count). The fraction of sp³-hybridized carbons (Fsp3) is 0.435. The van der Waals surface area contributed by atoms with Gasteiger partial charge in [0.2, 0.25) is 0 Å². The van der Waals surface area contributed by atoms with E-state index in [-0.39, 0.29) is 11.8 Å². The Balaban J connectivity index is 1.61. The molecule has 5 nitrogen and oxygen atoms in total. The molecule has 0 radical (unpaired) electrons. The summed E-state index contributed by atoms with van der Waals surface area (Å²) in [5.74, 6) is 0.508. The fourth-order valence-corrected chi connectivity index (χ4v) is 3.84. The van der Waals surface area contributed by atoms with E-state index < -0.39 is 0 Å². The molecule has 148 valence electrons. The molecule has 0 saturated carbocycles. The smallest absolute Gasteiger partial charge is 0.255 e. The second kappa shape index (κ2) is 9.49. The van der Waals surface area contributed by atoms with E-state index in [1.54, 1.807) is 23.4 Å². The second-order valence-electron chi connectivity index (χ2n) is 7.37. The molecular weight excluding hydrogens is 350 g/mol. The maximum absolute atomic E-state index is 12.9. The Hall–Kier alpha value is -2.69. The van der Waals surface area contributed by atoms with E-state index >= 15 is 0 Å². The van der Waals surface area contributed by atoms with Crippen LogP contribution in [0.25, 0.3) is 0 Å². The maximum atomic E-state index is 12.9. The number of likely N-dealkylation sites (tertiary alicyclic amines) is 1. The Kier molecular flexibility index (Phi) is 6.80. The number of pyridine rings is 1. The number of hydrogen-bond donors (Lipinski definition) is 0. The van der Waals surface area contributed by atoms with Crippen LogP contribution in [-0.4, -0.2) is 52.8 Å². The summed E-state index contributed by atoms with van der Waals surface area (Å²) in [6.07, 6.45) is 6.19. The number of amides is 2. The van der Waals surface area contributed by atoms with Crippen molar-refractivity contribution in [1.82, 2.24) is 14.8 Å². The molecule has 1 aromatic carbocycles. The summed E-state index contributed by atoms with van der Waals surface area (Å²) in [4.78, 5) is 33.2. The summed E-state index contributed by atoms with van der Waals surface area (Å²) in [6, 6.07) is 12.2. The van der Waals surface area contributed by atoms with E-state index in [9.17, 15) is 9.59 Å². The third kappa shape index (κ3) is 4.77. The molecule has 1 fully saturated rings. The zero-order valence-electron chi connectivity index (χ0n) is 16.8. The number of carbonyl (C=O) groups is 2. The quantitative estimate of drug-likeness (QED) is 0.770. The molecule has 1 aliphatic heterocycles. The molecule has 0 N–H and O–H groups in total. The van der Waals surface area contributed by atoms with Crippen LogP contribution in [0.15, 0.2) is 48.8 Å². The molecular formula is C23H29N3O2. The first-order valence-electron chi connectivity index (χ1n) is 10.2. The fourth-order valence-electron chi connectivity index (χ4n) is 3.84. The van der Waals surface area contributed by atoms with Crippen LogP contribution in [0.4, 0.5) is 0 Å². The molecule has 2 amide bonds. The maximum Gasteiger partial charge on any atom is 0.255 e. The van der Waals surface area contributed by atoms with Gasteiger partial charge in [0, 0.05) is 38.6 Å². The van der Waals surface area contributed by atoms with E-state index in [0.717, 1.165) is 32.4 Å². The molecule has 0 unspecified atom stereocenters. The van der Waals surface area contributed by atoms with Crippen molar-refractivity contribution < 1.29 is 9.59 Å². The highest BCUT2D eigenvalue weighted by Crippen LogP contribution is 2.23. The summed E-state index contributed by atoms with van der Waals surface area (Å²) in [5, 5.41) is 0. The van der Waals surface area contributed by atoms with Crippen molar-refractivity contribution in [1.29, 1.82) is 0 Å². The van der Waals surface area contributed by atoms with Crippen LogP contribution in [0.5, 0.6) is 0 Å². The number of carbonyl (C=O) groups excluding carboxylic acids is 2. The van der Waals surface area contributed by atoms with Gasteiger partial charge in [0.05, 0.1) is 11.1 Å². The Morgan fingerprint density at radius 1 is 1.04 bits per heavy atom. The molecule has 1 aliphatic rings. The predicted molar refractivity (Wildman–Crippen MR) is 110 cm³/mol. The molecule has 0 spiro atoms. The standard InChI is InChI=1S/C23H29N3O2/c1-3-25(4-2)22(27)20-15-21(17-24-16-20)23(28)26-12-10-19(11-13-26)14-18-8-6-5-7-9-18/h5-9,15-17,19H,3-4,10-14H2,1-2H3. The van der Waals surface area contributed by atoms with Gasteiger partial charge in [-0.15, -0.1) is 0 Å². The topological polar surface area (TPSA) is 53.5 Å². The average molecular weight is 380 g/mol. The van der Waals surface area contributed by atoms with Crippen molar-refractivity contribution in [3.63, 3.8) is 0 Å². The van der Waals surface area contributed by atoms with Gasteiger partial charge in [0.25, 0.3) is 11.8 Å². The number of nitrogens with zero attached hydrogens (tertiary/aromatic N) is 3. The van der Waals surface area contributed by atoms with Crippen molar-refractivity contribution in [2.45, 2.75) is 33.1 Å². The lowest BCUT2D eigenvalue weighted by Crippen LogP contribution is -2.39. The van der Waals surface area contributed by atoms with Crippen LogP contribution in [0.3, 0.4) is 0 Å². The van der Waals surface area contributed by atoms with E-state index in [0.29, 0.717) is 30.1 Å². The van der Waals surface area contributed by atoms with Gasteiger partial charge >= 0.3 is 0 Å². The lowest BCUT2D eigenvalue weighted by atomic mass is 9.90. The first kappa shape index (κ1) is 20.1. The van der Waals surface area contributed by atoms with E-state index in [1.165, 1.54) is 5.56 Å². The van der Waals surface area contributed by atoms with Crippen LogP contribution in [-0.2, 0) is 6.42 Å². The largest absolute Gasteiger partial charge is 0.339 e. The number of rotatable bonds is 6. The molecule has 2 aromatic rings. The minimum absolute atomic E-state index is 0.0279. The van der Waals surface area contributed by atoms with Gasteiger partial charge in [-0.05, 0) is 50.7 Å². The van der Waals surface area contributed by atoms with E-state index in [4.69, 9.17) is 0 Å². The SMILES string of the molecule is CCN(CC)C(=O)c1cncc(C(=O)N2CCC(Cc3ccccc3)CC2)c1. The molecule has 0 atom stereocenters. The van der Waals surface area contributed by atoms with Gasteiger partial charge < -0.3 is 9.80 Å². The summed E-state index contributed by atoms with van der Waals surface area (Å²) in [7, 11) is 0. The molecule has 5 heteroatoms. The van der Waals surface area contributed by atoms with Crippen LogP contribution < -0.4 is 0 Å². The average Bonchev–Trinajstić information content (AvgIpc) is 2.75. The molecule has 2 heterocycles. The molecule has 0 bridgehead atoms. The minimum Gasteiger partial charge on any atom is -0.339 e. The van der Waals surface area contributed by atoms with Crippen molar-refractivity contribution in [3.05, 3.63) is 65.5 Å². The summed E-state index contributed by atoms with van der Waals surface area (Å²) in [5.41, 5.74) is 2.34. The van der Waals surface area contributed by atoms with Gasteiger partial charge in [0.15, 0.2) is 0 Å². The van der Waals surface area contributed by atoms with Crippen molar-refractivity contribution in [2.75, 3.05) is 26.2 Å². The highest BCUT2D eigenvalue weighted by atomic mass is 16.2. The lowest BCUT2D eigenvalue weighted by molar-refractivity contribution is 0.0690. The Bertz CT molecular complexity index is 795. The van der Waals surface area contributed by atoms with E-state index in [1.807, 2.05) is 24.8 Å². The summed E-state index contributed by atoms with van der Waals surface area (Å²) >= 11 is 0. The third-order valence-electron chi connectivity index (χ3n) is 5.55. The van der Waals surface area contributed by atoms with E-state index in [2.05, 4.69) is 29.2 Å². The molecule has 1 saturated heterocycles. The van der Waals surface area contributed by atoms with Gasteiger partial charge in [-0.2, -0.15) is 0 Å². The second-order valence-corrected chi connectivity index (χ2v) is 7.37. The molecule has 0 aliphatic carbocycles. The lowest BCUT2D eigenvalue weighted by Gasteiger charge is -2.32. The van der Waals surface area contributed by atoms with Gasteiger partial charge in [-0.25, -0.2) is 0 Å². The van der Waals surface area contributed by atoms with Crippen molar-refractivity contribution >= 4 is 11.8 Å². The third-order valence-corrected chi connectivity index (χ3v) is 5.55. The highest BCUT2D eigenvalue weighted by molar-refractivity contribution is 5.99. The predicted octanol–water partition coefficient (Wildman–Crippen LogP) is 3.66. The Labute approximate surface area is 167 Å². The molecule has 28 heavy (non-hydrogen) atoms. The monoisotopic (exact) mass is 379 g/mol. The minimum atomic E-state index is -0.0753. The van der Waals surface area contributed by atoms with Gasteiger partial charge in [-0.3, -0.25) is 14.6 Å². The summed E-state index contributed by atoms with van der Waals surface area (Å²) < 4.78 is 0. The van der Waals surface area contributed by atoms with Crippen molar-refractivity contribution in [3.8, 4) is 0 Å². The number of hydrogen-bond acceptors (Lipinski definition) is 3. The summed E-state index contributed by atoms with van der Waals surface area (Å²) in [6.45, 7) is 6.69. The first-order valence-corrected chi connectivity index (χ1v) is 10.2. The normalized spacial score (nSPS) is 14.7. The Morgan fingerprint density at radius 3 is 2.32 bits per heavy atom. The number of benzene rings is 1. The van der Waals surface area contributed by atoms with Crippen LogP contribution in [0.2, 0.25) is 0 Å². The van der Waals surface area contributed by atoms with Crippen LogP contribution in [0.1, 0.15) is 53.0 Å². The zero-order chi connectivity index (χ0) is 19.9. The first-order chi connectivity index (χ1) is 13.6. The Morgan fingerprint density at radius 2 is 1.68 bits per heavy atom. The zero-order valence-corrected chi connectivity index (χ0v) is 16.8. The highest BCUT2D eigenvalue weighted by Gasteiger charge is 2.25. The number of aromatic nitrogens is 1. The number of piperidine rings is 1. The van der Waals surface area contributed by atoms with Crippen molar-refractivity contribution in [2.24, 2.45) is 5.92 Å². The molecule has 1 aromatic heterocycles.